The maximum Gasteiger partial charge on any atom is 0.140 e. The van der Waals surface area contributed by atoms with Crippen molar-refractivity contribution in [2.24, 2.45) is 0 Å². The average molecular weight is 272 g/mol. The number of carbonyl (C=O) groups is 1. The minimum absolute atomic E-state index is 0.0685. The van der Waals surface area contributed by atoms with Crippen molar-refractivity contribution in [1.29, 1.82) is 0 Å². The van der Waals surface area contributed by atoms with Gasteiger partial charge in [-0.15, -0.1) is 6.58 Å². The molecule has 1 aliphatic carbocycles. The zero-order valence-corrected chi connectivity index (χ0v) is 12.6. The SMILES string of the molecule is C=C(C)CCCCC1C(=O)CCc2ccc(OC)cc21. The van der Waals surface area contributed by atoms with Crippen LogP contribution < -0.4 is 4.74 Å². The summed E-state index contributed by atoms with van der Waals surface area (Å²) in [6.45, 7) is 5.99. The van der Waals surface area contributed by atoms with Crippen LogP contribution in [0.5, 0.6) is 5.75 Å². The number of carbonyl (C=O) groups excluding carboxylic acids is 1. The van der Waals surface area contributed by atoms with Crippen LogP contribution in [0.2, 0.25) is 0 Å². The predicted molar refractivity (Wildman–Crippen MR) is 82.3 cm³/mol. The molecule has 0 amide bonds. The van der Waals surface area contributed by atoms with Crippen molar-refractivity contribution in [3.8, 4) is 5.75 Å². The molecule has 1 unspecified atom stereocenters. The van der Waals surface area contributed by atoms with E-state index in [1.807, 2.05) is 6.07 Å². The van der Waals surface area contributed by atoms with E-state index in [0.717, 1.165) is 37.9 Å². The summed E-state index contributed by atoms with van der Waals surface area (Å²) in [5.41, 5.74) is 3.73. The Balaban J connectivity index is 2.08. The highest BCUT2D eigenvalue weighted by atomic mass is 16.5. The lowest BCUT2D eigenvalue weighted by Gasteiger charge is -2.25. The quantitative estimate of drug-likeness (QED) is 0.565. The number of benzene rings is 1. The molecule has 0 N–H and O–H groups in total. The van der Waals surface area contributed by atoms with Crippen LogP contribution in [0.25, 0.3) is 0 Å². The first-order chi connectivity index (χ1) is 9.61. The van der Waals surface area contributed by atoms with Crippen LogP contribution in [-0.4, -0.2) is 12.9 Å². The number of allylic oxidation sites excluding steroid dienone is 1. The van der Waals surface area contributed by atoms with Gasteiger partial charge in [-0.2, -0.15) is 0 Å². The number of ether oxygens (including phenoxy) is 1. The largest absolute Gasteiger partial charge is 0.497 e. The van der Waals surface area contributed by atoms with Crippen molar-refractivity contribution in [1.82, 2.24) is 0 Å². The van der Waals surface area contributed by atoms with Gasteiger partial charge in [0.05, 0.1) is 7.11 Å². The van der Waals surface area contributed by atoms with Gasteiger partial charge in [-0.05, 0) is 55.9 Å². The molecule has 0 radical (unpaired) electrons. The fraction of sp³-hybridized carbons (Fsp3) is 0.500. The molecule has 1 aliphatic rings. The number of rotatable bonds is 6. The average Bonchev–Trinajstić information content (AvgIpc) is 2.44. The molecule has 0 heterocycles. The van der Waals surface area contributed by atoms with Gasteiger partial charge in [0.25, 0.3) is 0 Å². The van der Waals surface area contributed by atoms with Gasteiger partial charge in [-0.3, -0.25) is 4.79 Å². The van der Waals surface area contributed by atoms with Gasteiger partial charge in [0, 0.05) is 12.3 Å². The van der Waals surface area contributed by atoms with E-state index < -0.39 is 0 Å². The lowest BCUT2D eigenvalue weighted by atomic mass is 9.79. The molecule has 2 heteroatoms. The second kappa shape index (κ2) is 6.74. The Hall–Kier alpha value is -1.57. The summed E-state index contributed by atoms with van der Waals surface area (Å²) in [6.07, 6.45) is 5.78. The molecular formula is C18H24O2. The highest BCUT2D eigenvalue weighted by molar-refractivity contribution is 5.88. The number of unbranched alkanes of at least 4 members (excludes halogenated alkanes) is 1. The molecule has 1 aromatic rings. The molecule has 0 aromatic heterocycles. The fourth-order valence-electron chi connectivity index (χ4n) is 2.95. The minimum atomic E-state index is 0.0685. The lowest BCUT2D eigenvalue weighted by Crippen LogP contribution is -2.20. The second-order valence-electron chi connectivity index (χ2n) is 5.79. The number of methoxy groups -OCH3 is 1. The first-order valence-electron chi connectivity index (χ1n) is 7.45. The number of ketones is 1. The third-order valence-corrected chi connectivity index (χ3v) is 4.10. The summed E-state index contributed by atoms with van der Waals surface area (Å²) < 4.78 is 5.30. The number of Topliss-reactive ketones (excluding diaryl/α,β-unsaturated/α-hetero) is 1. The summed E-state index contributed by atoms with van der Waals surface area (Å²) >= 11 is 0. The molecule has 1 aromatic carbocycles. The van der Waals surface area contributed by atoms with Crippen molar-refractivity contribution in [3.05, 3.63) is 41.5 Å². The van der Waals surface area contributed by atoms with Gasteiger partial charge >= 0.3 is 0 Å². The Morgan fingerprint density at radius 1 is 1.35 bits per heavy atom. The highest BCUT2D eigenvalue weighted by Crippen LogP contribution is 2.35. The predicted octanol–water partition coefficient (Wildman–Crippen LogP) is 4.43. The molecule has 0 spiro atoms. The molecule has 0 saturated carbocycles. The number of hydrogen-bond donors (Lipinski definition) is 0. The lowest BCUT2D eigenvalue weighted by molar-refractivity contribution is -0.121. The van der Waals surface area contributed by atoms with Crippen LogP contribution in [0.15, 0.2) is 30.4 Å². The van der Waals surface area contributed by atoms with E-state index in [0.29, 0.717) is 12.2 Å². The van der Waals surface area contributed by atoms with Crippen LogP contribution in [0.3, 0.4) is 0 Å². The van der Waals surface area contributed by atoms with Gasteiger partial charge in [-0.1, -0.05) is 18.1 Å². The van der Waals surface area contributed by atoms with E-state index >= 15 is 0 Å². The van der Waals surface area contributed by atoms with Crippen LogP contribution >= 0.6 is 0 Å². The summed E-state index contributed by atoms with van der Waals surface area (Å²) in [6, 6.07) is 6.16. The van der Waals surface area contributed by atoms with E-state index in [1.54, 1.807) is 7.11 Å². The number of aryl methyl sites for hydroxylation is 1. The number of hydrogen-bond acceptors (Lipinski definition) is 2. The molecule has 20 heavy (non-hydrogen) atoms. The monoisotopic (exact) mass is 272 g/mol. The molecule has 0 bridgehead atoms. The molecule has 1 atom stereocenters. The Morgan fingerprint density at radius 3 is 2.85 bits per heavy atom. The first-order valence-corrected chi connectivity index (χ1v) is 7.45. The minimum Gasteiger partial charge on any atom is -0.497 e. The molecule has 2 nitrogen and oxygen atoms in total. The van der Waals surface area contributed by atoms with E-state index in [2.05, 4.69) is 25.6 Å². The first kappa shape index (κ1) is 14.8. The van der Waals surface area contributed by atoms with Gasteiger partial charge in [-0.25, -0.2) is 0 Å². The topological polar surface area (TPSA) is 26.3 Å². The fourth-order valence-corrected chi connectivity index (χ4v) is 2.95. The Kier molecular flexibility index (Phi) is 4.99. The summed E-state index contributed by atoms with van der Waals surface area (Å²) in [7, 11) is 1.67. The molecule has 0 fully saturated rings. The zero-order chi connectivity index (χ0) is 14.5. The van der Waals surface area contributed by atoms with Crippen LogP contribution in [-0.2, 0) is 11.2 Å². The summed E-state index contributed by atoms with van der Waals surface area (Å²) in [5.74, 6) is 1.31. The van der Waals surface area contributed by atoms with Crippen LogP contribution in [0.4, 0.5) is 0 Å². The van der Waals surface area contributed by atoms with Gasteiger partial charge in [0.2, 0.25) is 0 Å². The van der Waals surface area contributed by atoms with Gasteiger partial charge < -0.3 is 4.74 Å². The third-order valence-electron chi connectivity index (χ3n) is 4.10. The van der Waals surface area contributed by atoms with Gasteiger partial charge in [0.15, 0.2) is 0 Å². The zero-order valence-electron chi connectivity index (χ0n) is 12.6. The number of fused-ring (bicyclic) bond motifs is 1. The standard InChI is InChI=1S/C18H24O2/c1-13(2)6-4-5-7-16-17-12-15(20-3)10-8-14(17)9-11-18(16)19/h8,10,12,16H,1,4-7,9,11H2,2-3H3. The van der Waals surface area contributed by atoms with Crippen molar-refractivity contribution in [2.75, 3.05) is 7.11 Å². The van der Waals surface area contributed by atoms with Crippen molar-refractivity contribution >= 4 is 5.78 Å². The molecular weight excluding hydrogens is 248 g/mol. The van der Waals surface area contributed by atoms with E-state index in [9.17, 15) is 4.79 Å². The Morgan fingerprint density at radius 2 is 2.15 bits per heavy atom. The van der Waals surface area contributed by atoms with Crippen molar-refractivity contribution < 1.29 is 9.53 Å². The summed E-state index contributed by atoms with van der Waals surface area (Å²) in [4.78, 5) is 12.2. The Bertz CT molecular complexity index is 502. The molecule has 2 rings (SSSR count). The molecule has 0 aliphatic heterocycles. The van der Waals surface area contributed by atoms with Crippen LogP contribution in [0.1, 0.15) is 56.1 Å². The maximum absolute atomic E-state index is 12.2. The van der Waals surface area contributed by atoms with Crippen molar-refractivity contribution in [3.63, 3.8) is 0 Å². The van der Waals surface area contributed by atoms with Crippen molar-refractivity contribution in [2.45, 2.75) is 51.4 Å². The smallest absolute Gasteiger partial charge is 0.140 e. The van der Waals surface area contributed by atoms with E-state index in [4.69, 9.17) is 4.74 Å². The van der Waals surface area contributed by atoms with E-state index in [1.165, 1.54) is 16.7 Å². The second-order valence-corrected chi connectivity index (χ2v) is 5.79. The van der Waals surface area contributed by atoms with Gasteiger partial charge in [0.1, 0.15) is 11.5 Å². The molecule has 0 saturated heterocycles. The van der Waals surface area contributed by atoms with E-state index in [-0.39, 0.29) is 5.92 Å². The normalized spacial score (nSPS) is 17.7. The summed E-state index contributed by atoms with van der Waals surface area (Å²) in [5, 5.41) is 0. The van der Waals surface area contributed by atoms with Crippen LogP contribution in [0, 0.1) is 0 Å². The third kappa shape index (κ3) is 3.50. The maximum atomic E-state index is 12.2. The highest BCUT2D eigenvalue weighted by Gasteiger charge is 2.27. The molecule has 108 valence electrons. The Labute approximate surface area is 121 Å².